The number of pyridine rings is 2. The molecule has 7 rings (SSSR count). The van der Waals surface area contributed by atoms with Gasteiger partial charge in [-0.1, -0.05) is 80.3 Å². The van der Waals surface area contributed by atoms with Gasteiger partial charge < -0.3 is 9.97 Å². The van der Waals surface area contributed by atoms with Gasteiger partial charge in [0.1, 0.15) is 0 Å². The van der Waals surface area contributed by atoms with Crippen molar-refractivity contribution in [3.05, 3.63) is 115 Å². The van der Waals surface area contributed by atoms with Gasteiger partial charge in [0.25, 0.3) is 0 Å². The fourth-order valence-electron chi connectivity index (χ4n) is 5.71. The van der Waals surface area contributed by atoms with Crippen molar-refractivity contribution in [3.8, 4) is 22.5 Å². The molecule has 0 bridgehead atoms. The van der Waals surface area contributed by atoms with E-state index in [0.717, 1.165) is 22.5 Å². The van der Waals surface area contributed by atoms with Crippen molar-refractivity contribution in [1.82, 2.24) is 9.97 Å². The van der Waals surface area contributed by atoms with Crippen molar-refractivity contribution in [2.45, 2.75) is 58.1 Å². The van der Waals surface area contributed by atoms with Gasteiger partial charge in [-0.2, -0.15) is 11.3 Å². The Morgan fingerprint density at radius 2 is 1.62 bits per heavy atom. The maximum Gasteiger partial charge on any atom is 0.0300 e. The van der Waals surface area contributed by atoms with Crippen LogP contribution in [0.3, 0.4) is 0 Å². The van der Waals surface area contributed by atoms with Gasteiger partial charge in [-0.3, -0.25) is 0 Å². The van der Waals surface area contributed by atoms with E-state index in [2.05, 4.69) is 85.4 Å². The van der Waals surface area contributed by atoms with Gasteiger partial charge >= 0.3 is 0 Å². The first-order valence-corrected chi connectivity index (χ1v) is 18.7. The summed E-state index contributed by atoms with van der Waals surface area (Å²) in [7, 11) is -1.47. The minimum Gasteiger partial charge on any atom is -0.304 e. The molecule has 1 saturated carbocycles. The average Bonchev–Trinajstić information content (AvgIpc) is 3.70. The minimum absolute atomic E-state index is 0. The van der Waals surface area contributed by atoms with Gasteiger partial charge in [0.2, 0.25) is 0 Å². The van der Waals surface area contributed by atoms with E-state index in [-0.39, 0.29) is 25.7 Å². The van der Waals surface area contributed by atoms with Gasteiger partial charge in [-0.15, -0.1) is 58.8 Å². The Bertz CT molecular complexity index is 1870. The maximum atomic E-state index is 7.23. The third kappa shape index (κ3) is 6.50. The minimum atomic E-state index is -2.09. The number of fused-ring (bicyclic) bond motifs is 3. The second kappa shape index (κ2) is 13.1. The number of rotatable bonds is 4. The second-order valence-electron chi connectivity index (χ2n) is 11.8. The van der Waals surface area contributed by atoms with Gasteiger partial charge in [0.05, 0.1) is 0 Å². The van der Waals surface area contributed by atoms with Crippen LogP contribution in [0.25, 0.3) is 42.7 Å². The van der Waals surface area contributed by atoms with E-state index in [1.165, 1.54) is 62.8 Å². The number of thiophene rings is 1. The molecule has 0 unspecified atom stereocenters. The van der Waals surface area contributed by atoms with Crippen LogP contribution in [0.1, 0.15) is 46.8 Å². The third-order valence-electron chi connectivity index (χ3n) is 7.88. The van der Waals surface area contributed by atoms with E-state index in [0.29, 0.717) is 5.92 Å². The van der Waals surface area contributed by atoms with Gasteiger partial charge in [0, 0.05) is 49.4 Å². The first kappa shape index (κ1) is 26.7. The summed E-state index contributed by atoms with van der Waals surface area (Å²) in [6.07, 6.45) is 8.87. The van der Waals surface area contributed by atoms with E-state index < -0.39 is 14.9 Å². The van der Waals surface area contributed by atoms with Crippen molar-refractivity contribution in [2.75, 3.05) is 0 Å². The molecule has 2 nitrogen and oxygen atoms in total. The topological polar surface area (TPSA) is 25.8 Å². The van der Waals surface area contributed by atoms with Crippen LogP contribution >= 0.6 is 11.3 Å². The molecule has 3 aromatic heterocycles. The van der Waals surface area contributed by atoms with Gasteiger partial charge in [-0.05, 0) is 64.3 Å². The summed E-state index contributed by atoms with van der Waals surface area (Å²) < 4.78 is 24.4. The smallest absolute Gasteiger partial charge is 0.0300 e. The number of hydrogen-bond donors (Lipinski definition) is 0. The van der Waals surface area contributed by atoms with Crippen molar-refractivity contribution in [2.24, 2.45) is 0 Å². The van der Waals surface area contributed by atoms with Gasteiger partial charge in [0.15, 0.2) is 0 Å². The number of nitrogens with zero attached hydrogens (tertiary/aromatic N) is 2. The maximum absolute atomic E-state index is 7.23. The fourth-order valence-corrected chi connectivity index (χ4v) is 8.55. The van der Waals surface area contributed by atoms with Crippen molar-refractivity contribution in [3.63, 3.8) is 0 Å². The zero-order valence-electron chi connectivity index (χ0n) is 27.2. The Morgan fingerprint density at radius 1 is 0.857 bits per heavy atom. The number of benzene rings is 3. The summed E-state index contributed by atoms with van der Waals surface area (Å²) in [5, 5.41) is 4.33. The molecule has 0 spiro atoms. The summed E-state index contributed by atoms with van der Waals surface area (Å²) in [6.45, 7) is 5.19. The molecular weight excluding hydrogens is 725 g/mol. The summed E-state index contributed by atoms with van der Waals surface area (Å²) >= 11 is 1.89. The zero-order chi connectivity index (χ0) is 30.9. The second-order valence-corrected chi connectivity index (χ2v) is 17.9. The first-order chi connectivity index (χ1) is 21.1. The summed E-state index contributed by atoms with van der Waals surface area (Å²) in [6, 6.07) is 33.0. The molecule has 3 heterocycles. The van der Waals surface area contributed by atoms with Crippen LogP contribution in [0.5, 0.6) is 0 Å². The zero-order valence-corrected chi connectivity index (χ0v) is 28.4. The molecular formula is C37H36IrN2SSi-2. The van der Waals surface area contributed by atoms with Crippen molar-refractivity contribution in [1.29, 1.82) is 0 Å². The van der Waals surface area contributed by atoms with Crippen molar-refractivity contribution >= 4 is 44.8 Å². The number of aryl methyl sites for hydroxylation is 1. The summed E-state index contributed by atoms with van der Waals surface area (Å²) in [5.74, 6) is 0.712. The molecule has 5 heteroatoms. The Morgan fingerprint density at radius 3 is 2.29 bits per heavy atom. The number of aromatic nitrogens is 2. The van der Waals surface area contributed by atoms with Crippen molar-refractivity contribution < 1.29 is 24.2 Å². The predicted octanol–water partition coefficient (Wildman–Crippen LogP) is 9.97. The average molecular weight is 764 g/mol. The predicted molar refractivity (Wildman–Crippen MR) is 179 cm³/mol. The van der Waals surface area contributed by atoms with E-state index >= 15 is 0 Å². The summed E-state index contributed by atoms with van der Waals surface area (Å²) in [4.78, 5) is 9.02. The van der Waals surface area contributed by atoms with Crippen LogP contribution < -0.4 is 5.19 Å². The first-order valence-electron chi connectivity index (χ1n) is 15.9. The Labute approximate surface area is 272 Å². The van der Waals surface area contributed by atoms with Crippen LogP contribution in [0, 0.1) is 19.0 Å². The molecule has 1 aliphatic carbocycles. The van der Waals surface area contributed by atoms with E-state index in [1.54, 1.807) is 18.2 Å². The SMILES string of the molecule is C[Si](C)(C)c1c[c-]c(-c2ccc(C3CCCC3)cn2)c2sc3ccccc3c12.[2H]C([2H])([2H])c1ccc(-c2[c-]cccc2)nc1.[Ir]. The van der Waals surface area contributed by atoms with Crippen LogP contribution in [-0.4, -0.2) is 18.0 Å². The Hall–Kier alpha value is -2.95. The van der Waals surface area contributed by atoms with E-state index in [4.69, 9.17) is 9.10 Å². The van der Waals surface area contributed by atoms with Crippen LogP contribution in [0.4, 0.5) is 0 Å². The van der Waals surface area contributed by atoms with Gasteiger partial charge in [-0.25, -0.2) is 0 Å². The monoisotopic (exact) mass is 764 g/mol. The quantitative estimate of drug-likeness (QED) is 0.132. The van der Waals surface area contributed by atoms with E-state index in [1.807, 2.05) is 29.5 Å². The molecule has 0 atom stereocenters. The molecule has 0 aliphatic heterocycles. The number of hydrogen-bond acceptors (Lipinski definition) is 3. The molecule has 0 amide bonds. The fraction of sp³-hybridized carbons (Fsp3) is 0.243. The molecule has 0 saturated heterocycles. The van der Waals surface area contributed by atoms with Crippen LogP contribution in [0.15, 0.2) is 91.3 Å². The molecule has 1 fully saturated rings. The normalized spacial score (nSPS) is 14.9. The third-order valence-corrected chi connectivity index (χ3v) is 11.1. The standard InChI is InChI=1S/C25H26NSSi.C12H10N.Ir/c1-28(2,3)23-15-13-19(25-24(23)20-10-6-7-11-22(20)27-25)21-14-12-18(16-26-21)17-8-4-5-9-17;1-10-7-8-12(13-9-10)11-5-3-2-4-6-11;/h6-7,10-12,14-17H,4-5,8-9H2,1-3H3;2-5,7-9H,1H3;/q2*-1;/i;1D3;. The Balaban J connectivity index is 0.000000202. The summed E-state index contributed by atoms with van der Waals surface area (Å²) in [5.41, 5.74) is 5.48. The largest absolute Gasteiger partial charge is 0.304 e. The van der Waals surface area contributed by atoms with E-state index in [9.17, 15) is 0 Å². The molecule has 3 aromatic carbocycles. The molecule has 6 aromatic rings. The molecule has 42 heavy (non-hydrogen) atoms. The van der Waals surface area contributed by atoms with Crippen LogP contribution in [-0.2, 0) is 20.1 Å². The van der Waals surface area contributed by atoms with Crippen LogP contribution in [0.2, 0.25) is 19.6 Å². The molecule has 1 radical (unpaired) electrons. The Kier molecular flexibility index (Phi) is 8.34. The molecule has 215 valence electrons. The molecule has 1 aliphatic rings. The molecule has 0 N–H and O–H groups in total.